The first-order chi connectivity index (χ1) is 13.0. The molecule has 4 rings (SSSR count). The summed E-state index contributed by atoms with van der Waals surface area (Å²) in [6.45, 7) is 2.03. The number of anilines is 2. The van der Waals surface area contributed by atoms with E-state index in [1.54, 1.807) is 12.1 Å². The van der Waals surface area contributed by atoms with Gasteiger partial charge in [0, 0.05) is 22.5 Å². The van der Waals surface area contributed by atoms with Crippen LogP contribution in [0.4, 0.5) is 11.5 Å². The minimum Gasteiger partial charge on any atom is -0.504 e. The second kappa shape index (κ2) is 6.85. The quantitative estimate of drug-likeness (QED) is 0.497. The Balaban J connectivity index is 1.91. The molecule has 0 saturated carbocycles. The molecule has 0 atom stereocenters. The number of hydrogen-bond acceptors (Lipinski definition) is 4. The number of aromatic hydroxyl groups is 1. The molecule has 0 aliphatic rings. The summed E-state index contributed by atoms with van der Waals surface area (Å²) in [6.07, 6.45) is 1.98. The maximum atomic E-state index is 9.91. The molecule has 0 aliphatic carbocycles. The van der Waals surface area contributed by atoms with Gasteiger partial charge in [-0.25, -0.2) is 4.98 Å². The number of rotatable bonds is 4. The standard InChI is InChI=1S/C21H18ClN3O2/c1-13-8-9-25-19(10-13)24-20(14-6-7-17(26)18(11-14)27-2)21(25)23-16-5-3-4-15(22)12-16/h3-12,23,26H,1-2H3. The van der Waals surface area contributed by atoms with Crippen LogP contribution in [-0.4, -0.2) is 21.6 Å². The van der Waals surface area contributed by atoms with E-state index in [1.165, 1.54) is 7.11 Å². The largest absolute Gasteiger partial charge is 0.504 e. The molecule has 4 aromatic rings. The van der Waals surface area contributed by atoms with Crippen LogP contribution in [0.5, 0.6) is 11.5 Å². The number of methoxy groups -OCH3 is 1. The minimum absolute atomic E-state index is 0.0882. The van der Waals surface area contributed by atoms with E-state index in [0.29, 0.717) is 10.8 Å². The number of phenolic OH excluding ortho intramolecular Hbond substituents is 1. The summed E-state index contributed by atoms with van der Waals surface area (Å²) in [7, 11) is 1.52. The number of pyridine rings is 1. The van der Waals surface area contributed by atoms with Crippen LogP contribution >= 0.6 is 11.6 Å². The molecular weight excluding hydrogens is 362 g/mol. The van der Waals surface area contributed by atoms with E-state index in [-0.39, 0.29) is 5.75 Å². The summed E-state index contributed by atoms with van der Waals surface area (Å²) in [6, 6.07) is 16.8. The number of nitrogens with zero attached hydrogens (tertiary/aromatic N) is 2. The zero-order valence-corrected chi connectivity index (χ0v) is 15.7. The van der Waals surface area contributed by atoms with E-state index in [2.05, 4.69) is 5.32 Å². The summed E-state index contributed by atoms with van der Waals surface area (Å²) < 4.78 is 7.24. The molecule has 0 amide bonds. The van der Waals surface area contributed by atoms with Gasteiger partial charge < -0.3 is 15.2 Å². The Hall–Kier alpha value is -3.18. The Morgan fingerprint density at radius 3 is 2.74 bits per heavy atom. The van der Waals surface area contributed by atoms with Crippen LogP contribution < -0.4 is 10.1 Å². The number of phenols is 1. The second-order valence-electron chi connectivity index (χ2n) is 6.26. The predicted octanol–water partition coefficient (Wildman–Crippen LogP) is 5.42. The summed E-state index contributed by atoms with van der Waals surface area (Å²) in [5, 5.41) is 14.0. The maximum Gasteiger partial charge on any atom is 0.161 e. The number of hydrogen-bond donors (Lipinski definition) is 2. The Labute approximate surface area is 161 Å². The Kier molecular flexibility index (Phi) is 4.38. The Bertz CT molecular complexity index is 1140. The molecule has 2 aromatic carbocycles. The number of nitrogens with one attached hydrogen (secondary N) is 1. The van der Waals surface area contributed by atoms with Crippen LogP contribution in [0.2, 0.25) is 5.02 Å². The van der Waals surface area contributed by atoms with Gasteiger partial charge in [0.25, 0.3) is 0 Å². The molecule has 27 heavy (non-hydrogen) atoms. The number of ether oxygens (including phenoxy) is 1. The molecule has 0 aliphatic heterocycles. The third kappa shape index (κ3) is 3.29. The van der Waals surface area contributed by atoms with Gasteiger partial charge in [0.2, 0.25) is 0 Å². The van der Waals surface area contributed by atoms with Crippen LogP contribution in [0, 0.1) is 6.92 Å². The van der Waals surface area contributed by atoms with Crippen molar-refractivity contribution < 1.29 is 9.84 Å². The number of imidazole rings is 1. The van der Waals surface area contributed by atoms with Gasteiger partial charge in [-0.15, -0.1) is 0 Å². The molecule has 2 aromatic heterocycles. The van der Waals surface area contributed by atoms with Gasteiger partial charge in [-0.3, -0.25) is 4.40 Å². The van der Waals surface area contributed by atoms with Crippen molar-refractivity contribution in [2.75, 3.05) is 12.4 Å². The first kappa shape index (κ1) is 17.2. The lowest BCUT2D eigenvalue weighted by atomic mass is 10.1. The highest BCUT2D eigenvalue weighted by Crippen LogP contribution is 2.36. The predicted molar refractivity (Wildman–Crippen MR) is 108 cm³/mol. The van der Waals surface area contributed by atoms with E-state index in [0.717, 1.165) is 34.0 Å². The smallest absolute Gasteiger partial charge is 0.161 e. The summed E-state index contributed by atoms with van der Waals surface area (Å²) in [4.78, 5) is 4.80. The van der Waals surface area contributed by atoms with Gasteiger partial charge in [0.1, 0.15) is 17.2 Å². The molecule has 0 saturated heterocycles. The number of fused-ring (bicyclic) bond motifs is 1. The molecule has 6 heteroatoms. The van der Waals surface area contributed by atoms with Crippen LogP contribution in [0.1, 0.15) is 5.56 Å². The first-order valence-corrected chi connectivity index (χ1v) is 8.81. The zero-order valence-electron chi connectivity index (χ0n) is 14.9. The first-order valence-electron chi connectivity index (χ1n) is 8.44. The maximum absolute atomic E-state index is 9.91. The van der Waals surface area contributed by atoms with Crippen molar-refractivity contribution in [1.29, 1.82) is 0 Å². The number of aromatic nitrogens is 2. The fraction of sp³-hybridized carbons (Fsp3) is 0.0952. The lowest BCUT2D eigenvalue weighted by Crippen LogP contribution is -1.97. The monoisotopic (exact) mass is 379 g/mol. The van der Waals surface area contributed by atoms with Gasteiger partial charge >= 0.3 is 0 Å². The lowest BCUT2D eigenvalue weighted by molar-refractivity contribution is 0.373. The third-order valence-corrected chi connectivity index (χ3v) is 4.56. The van der Waals surface area contributed by atoms with Crippen LogP contribution in [-0.2, 0) is 0 Å². The van der Waals surface area contributed by atoms with Gasteiger partial charge in [-0.1, -0.05) is 17.7 Å². The van der Waals surface area contributed by atoms with Gasteiger partial charge in [0.05, 0.1) is 7.11 Å². The van der Waals surface area contributed by atoms with Crippen LogP contribution in [0.15, 0.2) is 60.8 Å². The normalized spacial score (nSPS) is 10.9. The number of benzene rings is 2. The van der Waals surface area contributed by atoms with E-state index < -0.39 is 0 Å². The number of halogens is 1. The highest BCUT2D eigenvalue weighted by Gasteiger charge is 2.16. The van der Waals surface area contributed by atoms with E-state index in [1.807, 2.05) is 60.0 Å². The second-order valence-corrected chi connectivity index (χ2v) is 6.70. The van der Waals surface area contributed by atoms with Gasteiger partial charge in [0.15, 0.2) is 11.5 Å². The lowest BCUT2D eigenvalue weighted by Gasteiger charge is -2.10. The topological polar surface area (TPSA) is 58.8 Å². The van der Waals surface area contributed by atoms with Crippen molar-refractivity contribution >= 4 is 28.8 Å². The van der Waals surface area contributed by atoms with Crippen LogP contribution in [0.25, 0.3) is 16.9 Å². The minimum atomic E-state index is 0.0882. The molecule has 0 radical (unpaired) electrons. The Morgan fingerprint density at radius 1 is 1.11 bits per heavy atom. The molecule has 0 fully saturated rings. The fourth-order valence-corrected chi connectivity index (χ4v) is 3.19. The van der Waals surface area contributed by atoms with Crippen molar-refractivity contribution in [2.24, 2.45) is 0 Å². The number of aryl methyl sites for hydroxylation is 1. The summed E-state index contributed by atoms with van der Waals surface area (Å²) in [5.74, 6) is 1.29. The molecule has 0 unspecified atom stereocenters. The van der Waals surface area contributed by atoms with E-state index in [9.17, 15) is 5.11 Å². The fourth-order valence-electron chi connectivity index (χ4n) is 3.00. The Morgan fingerprint density at radius 2 is 1.96 bits per heavy atom. The van der Waals surface area contributed by atoms with Crippen molar-refractivity contribution in [3.63, 3.8) is 0 Å². The van der Waals surface area contributed by atoms with Gasteiger partial charge in [-0.2, -0.15) is 0 Å². The average molecular weight is 380 g/mol. The highest BCUT2D eigenvalue weighted by atomic mass is 35.5. The van der Waals surface area contributed by atoms with Crippen molar-refractivity contribution in [3.05, 3.63) is 71.4 Å². The SMILES string of the molecule is COc1cc(-c2nc3cc(C)ccn3c2Nc2cccc(Cl)c2)ccc1O. The molecule has 2 heterocycles. The van der Waals surface area contributed by atoms with Crippen molar-refractivity contribution in [3.8, 4) is 22.8 Å². The van der Waals surface area contributed by atoms with Crippen molar-refractivity contribution in [1.82, 2.24) is 9.38 Å². The molecule has 5 nitrogen and oxygen atoms in total. The third-order valence-electron chi connectivity index (χ3n) is 4.32. The van der Waals surface area contributed by atoms with Crippen molar-refractivity contribution in [2.45, 2.75) is 6.92 Å². The molecule has 2 N–H and O–H groups in total. The van der Waals surface area contributed by atoms with Gasteiger partial charge in [-0.05, 0) is 61.0 Å². The average Bonchev–Trinajstić information content (AvgIpc) is 2.99. The zero-order chi connectivity index (χ0) is 19.0. The molecule has 0 spiro atoms. The van der Waals surface area contributed by atoms with E-state index >= 15 is 0 Å². The van der Waals surface area contributed by atoms with Crippen LogP contribution in [0.3, 0.4) is 0 Å². The summed E-state index contributed by atoms with van der Waals surface area (Å²) in [5.41, 5.74) is 4.38. The molecular formula is C21H18ClN3O2. The summed E-state index contributed by atoms with van der Waals surface area (Å²) >= 11 is 6.13. The molecule has 136 valence electrons. The van der Waals surface area contributed by atoms with E-state index in [4.69, 9.17) is 21.3 Å². The molecule has 0 bridgehead atoms. The highest BCUT2D eigenvalue weighted by molar-refractivity contribution is 6.30.